The lowest BCUT2D eigenvalue weighted by Gasteiger charge is -2.35. The van der Waals surface area contributed by atoms with Crippen LogP contribution in [0.25, 0.3) is 0 Å². The summed E-state index contributed by atoms with van der Waals surface area (Å²) in [6.45, 7) is 7.46. The van der Waals surface area contributed by atoms with Gasteiger partial charge in [-0.25, -0.2) is 9.97 Å². The highest BCUT2D eigenvalue weighted by atomic mass is 16.5. The summed E-state index contributed by atoms with van der Waals surface area (Å²) in [7, 11) is 0. The van der Waals surface area contributed by atoms with Crippen molar-refractivity contribution in [2.75, 3.05) is 18.0 Å². The van der Waals surface area contributed by atoms with Crippen molar-refractivity contribution in [3.8, 4) is 6.07 Å². The summed E-state index contributed by atoms with van der Waals surface area (Å²) < 4.78 is 5.66. The minimum atomic E-state index is 0.161. The zero-order valence-corrected chi connectivity index (χ0v) is 10.3. The van der Waals surface area contributed by atoms with Gasteiger partial charge in [0.2, 0.25) is 5.95 Å². The van der Waals surface area contributed by atoms with Gasteiger partial charge in [-0.1, -0.05) is 0 Å². The summed E-state index contributed by atoms with van der Waals surface area (Å²) in [4.78, 5) is 10.7. The number of rotatable bonds is 1. The van der Waals surface area contributed by atoms with E-state index in [0.29, 0.717) is 11.6 Å². The molecule has 0 spiro atoms. The minimum absolute atomic E-state index is 0.161. The van der Waals surface area contributed by atoms with Gasteiger partial charge >= 0.3 is 0 Å². The van der Waals surface area contributed by atoms with Gasteiger partial charge in [0, 0.05) is 18.8 Å². The smallest absolute Gasteiger partial charge is 0.226 e. The lowest BCUT2D eigenvalue weighted by Crippen LogP contribution is -2.46. The Morgan fingerprint density at radius 2 is 2.00 bits per heavy atom. The molecule has 1 aromatic rings. The second-order valence-corrected chi connectivity index (χ2v) is 4.47. The van der Waals surface area contributed by atoms with Gasteiger partial charge < -0.3 is 9.64 Å². The minimum Gasteiger partial charge on any atom is -0.372 e. The Hall–Kier alpha value is -1.67. The fourth-order valence-corrected chi connectivity index (χ4v) is 2.09. The third-order valence-electron chi connectivity index (χ3n) is 2.66. The molecule has 0 N–H and O–H groups in total. The van der Waals surface area contributed by atoms with Crippen molar-refractivity contribution in [1.29, 1.82) is 5.26 Å². The van der Waals surface area contributed by atoms with Gasteiger partial charge in [-0.2, -0.15) is 5.26 Å². The van der Waals surface area contributed by atoms with Gasteiger partial charge in [0.25, 0.3) is 0 Å². The number of aryl methyl sites for hydroxylation is 1. The number of ether oxygens (including phenoxy) is 1. The maximum atomic E-state index is 8.91. The summed E-state index contributed by atoms with van der Waals surface area (Å²) in [5, 5.41) is 8.91. The lowest BCUT2D eigenvalue weighted by molar-refractivity contribution is -0.00573. The number of hydrogen-bond donors (Lipinski definition) is 0. The second-order valence-electron chi connectivity index (χ2n) is 4.47. The molecule has 1 aliphatic heterocycles. The van der Waals surface area contributed by atoms with Gasteiger partial charge in [0.15, 0.2) is 0 Å². The van der Waals surface area contributed by atoms with Crippen LogP contribution in [-0.4, -0.2) is 35.3 Å². The van der Waals surface area contributed by atoms with Crippen LogP contribution < -0.4 is 4.90 Å². The number of nitriles is 1. The summed E-state index contributed by atoms with van der Waals surface area (Å²) in [5.41, 5.74) is 1.23. The Balaban J connectivity index is 2.27. The first-order valence-corrected chi connectivity index (χ1v) is 5.74. The van der Waals surface area contributed by atoms with Gasteiger partial charge in [-0.05, 0) is 26.8 Å². The Kier molecular flexibility index (Phi) is 3.25. The van der Waals surface area contributed by atoms with E-state index >= 15 is 0 Å². The van der Waals surface area contributed by atoms with E-state index in [2.05, 4.69) is 20.9 Å². The normalized spacial score (nSPS) is 24.5. The van der Waals surface area contributed by atoms with Crippen molar-refractivity contribution >= 4 is 5.95 Å². The number of aromatic nitrogens is 2. The van der Waals surface area contributed by atoms with Crippen LogP contribution in [0.4, 0.5) is 5.95 Å². The fourth-order valence-electron chi connectivity index (χ4n) is 2.09. The Bertz CT molecular complexity index is 444. The molecule has 5 nitrogen and oxygen atoms in total. The molecule has 1 saturated heterocycles. The largest absolute Gasteiger partial charge is 0.372 e. The molecule has 2 atom stereocenters. The summed E-state index contributed by atoms with van der Waals surface area (Å²) in [6, 6.07) is 3.75. The Labute approximate surface area is 101 Å². The standard InChI is InChI=1S/C12H16N4O/c1-8-4-11(5-13)15-12(14-8)16-6-9(2)17-10(3)7-16/h4,9-10H,6-7H2,1-3H3/t9-,10+. The predicted molar refractivity (Wildman–Crippen MR) is 63.7 cm³/mol. The van der Waals surface area contributed by atoms with Crippen molar-refractivity contribution < 1.29 is 4.74 Å². The van der Waals surface area contributed by atoms with E-state index in [1.165, 1.54) is 0 Å². The van der Waals surface area contributed by atoms with Crippen LogP contribution in [0, 0.1) is 18.3 Å². The molecule has 0 aliphatic carbocycles. The number of nitrogens with zero attached hydrogens (tertiary/aromatic N) is 4. The first kappa shape index (κ1) is 11.8. The maximum Gasteiger partial charge on any atom is 0.226 e. The molecule has 1 aliphatic rings. The van der Waals surface area contributed by atoms with Gasteiger partial charge in [0.1, 0.15) is 11.8 Å². The highest BCUT2D eigenvalue weighted by Crippen LogP contribution is 2.17. The molecule has 0 unspecified atom stereocenters. The molecule has 0 radical (unpaired) electrons. The molecule has 5 heteroatoms. The van der Waals surface area contributed by atoms with Gasteiger partial charge in [-0.15, -0.1) is 0 Å². The molecule has 2 rings (SSSR count). The highest BCUT2D eigenvalue weighted by Gasteiger charge is 2.24. The topological polar surface area (TPSA) is 62.0 Å². The molecule has 2 heterocycles. The molecule has 1 fully saturated rings. The zero-order valence-electron chi connectivity index (χ0n) is 10.3. The fraction of sp³-hybridized carbons (Fsp3) is 0.583. The van der Waals surface area contributed by atoms with Gasteiger partial charge in [-0.3, -0.25) is 0 Å². The molecule has 0 bridgehead atoms. The van der Waals surface area contributed by atoms with Crippen molar-refractivity contribution in [3.63, 3.8) is 0 Å². The summed E-state index contributed by atoms with van der Waals surface area (Å²) in [6.07, 6.45) is 0.321. The molecular formula is C12H16N4O. The molecule has 1 aromatic heterocycles. The van der Waals surface area contributed by atoms with E-state index in [0.717, 1.165) is 18.8 Å². The van der Waals surface area contributed by atoms with Crippen LogP contribution in [-0.2, 0) is 4.74 Å². The van der Waals surface area contributed by atoms with Crippen LogP contribution in [0.2, 0.25) is 0 Å². The molecule has 90 valence electrons. The number of morpholine rings is 1. The van der Waals surface area contributed by atoms with E-state index < -0.39 is 0 Å². The molecule has 17 heavy (non-hydrogen) atoms. The average molecular weight is 232 g/mol. The number of hydrogen-bond acceptors (Lipinski definition) is 5. The SMILES string of the molecule is Cc1cc(C#N)nc(N2C[C@@H](C)O[C@@H](C)C2)n1. The third-order valence-corrected chi connectivity index (χ3v) is 2.66. The van der Waals surface area contributed by atoms with Crippen molar-refractivity contribution in [3.05, 3.63) is 17.5 Å². The van der Waals surface area contributed by atoms with E-state index in [9.17, 15) is 0 Å². The van der Waals surface area contributed by atoms with Crippen LogP contribution >= 0.6 is 0 Å². The van der Waals surface area contributed by atoms with Crippen LogP contribution in [0.15, 0.2) is 6.07 Å². The van der Waals surface area contributed by atoms with Crippen molar-refractivity contribution in [2.45, 2.75) is 33.0 Å². The molecule has 0 saturated carbocycles. The van der Waals surface area contributed by atoms with E-state index in [1.807, 2.05) is 20.8 Å². The van der Waals surface area contributed by atoms with E-state index in [4.69, 9.17) is 10.00 Å². The quantitative estimate of drug-likeness (QED) is 0.729. The van der Waals surface area contributed by atoms with Crippen molar-refractivity contribution in [1.82, 2.24) is 9.97 Å². The lowest BCUT2D eigenvalue weighted by atomic mass is 10.2. The van der Waals surface area contributed by atoms with Crippen LogP contribution in [0.1, 0.15) is 25.2 Å². The monoisotopic (exact) mass is 232 g/mol. The first-order chi connectivity index (χ1) is 8.08. The molecule has 0 amide bonds. The summed E-state index contributed by atoms with van der Waals surface area (Å²) in [5.74, 6) is 0.628. The maximum absolute atomic E-state index is 8.91. The number of anilines is 1. The van der Waals surface area contributed by atoms with Crippen LogP contribution in [0.5, 0.6) is 0 Å². The zero-order chi connectivity index (χ0) is 12.4. The highest BCUT2D eigenvalue weighted by molar-refractivity contribution is 5.36. The van der Waals surface area contributed by atoms with Gasteiger partial charge in [0.05, 0.1) is 12.2 Å². The summed E-state index contributed by atoms with van der Waals surface area (Å²) >= 11 is 0. The average Bonchev–Trinajstić information content (AvgIpc) is 2.26. The Morgan fingerprint density at radius 1 is 1.35 bits per heavy atom. The Morgan fingerprint density at radius 3 is 2.59 bits per heavy atom. The predicted octanol–water partition coefficient (Wildman–Crippen LogP) is 1.27. The second kappa shape index (κ2) is 4.68. The third kappa shape index (κ3) is 2.71. The van der Waals surface area contributed by atoms with E-state index in [1.54, 1.807) is 6.07 Å². The molecule has 0 aromatic carbocycles. The molecular weight excluding hydrogens is 216 g/mol. The van der Waals surface area contributed by atoms with Crippen molar-refractivity contribution in [2.24, 2.45) is 0 Å². The van der Waals surface area contributed by atoms with Crippen LogP contribution in [0.3, 0.4) is 0 Å². The van der Waals surface area contributed by atoms with E-state index in [-0.39, 0.29) is 12.2 Å². The first-order valence-electron chi connectivity index (χ1n) is 5.74.